The number of nitrogens with zero attached hydrogens (tertiary/aromatic N) is 3. The summed E-state index contributed by atoms with van der Waals surface area (Å²) < 4.78 is 35.9. The maximum atomic E-state index is 13.0. The molecule has 1 fully saturated rings. The van der Waals surface area contributed by atoms with Gasteiger partial charge in [0.15, 0.2) is 0 Å². The summed E-state index contributed by atoms with van der Waals surface area (Å²) in [5.74, 6) is 0. The summed E-state index contributed by atoms with van der Waals surface area (Å²) in [6.45, 7) is 5.88. The van der Waals surface area contributed by atoms with Crippen molar-refractivity contribution in [3.05, 3.63) is 46.4 Å². The van der Waals surface area contributed by atoms with Gasteiger partial charge in [0.2, 0.25) is 10.0 Å². The van der Waals surface area contributed by atoms with E-state index in [1.807, 2.05) is 48.2 Å². The highest BCUT2D eigenvalue weighted by molar-refractivity contribution is 7.89. The quantitative estimate of drug-likeness (QED) is 0.561. The molecule has 3 aromatic rings. The molecular weight excluding hydrogens is 456 g/mol. The molecule has 1 aromatic carbocycles. The van der Waals surface area contributed by atoms with Crippen molar-refractivity contribution in [3.8, 4) is 22.0 Å². The molecule has 166 valence electrons. The van der Waals surface area contributed by atoms with Crippen LogP contribution in [0.2, 0.25) is 5.02 Å². The van der Waals surface area contributed by atoms with Crippen molar-refractivity contribution in [1.82, 2.24) is 19.2 Å². The molecule has 0 saturated carbocycles. The molecule has 3 heterocycles. The topological polar surface area (TPSA) is 76.5 Å². The molecule has 0 spiro atoms. The highest BCUT2D eigenvalue weighted by Crippen LogP contribution is 2.33. The number of hydrogen-bond acceptors (Lipinski definition) is 6. The van der Waals surface area contributed by atoms with Crippen molar-refractivity contribution < 1.29 is 13.2 Å². The van der Waals surface area contributed by atoms with Gasteiger partial charge in [0.1, 0.15) is 9.90 Å². The lowest BCUT2D eigenvalue weighted by Gasteiger charge is -2.26. The molecule has 0 bridgehead atoms. The predicted octanol–water partition coefficient (Wildman–Crippen LogP) is 3.39. The minimum Gasteiger partial charge on any atom is -0.379 e. The van der Waals surface area contributed by atoms with Gasteiger partial charge in [-0.3, -0.25) is 4.90 Å². The van der Waals surface area contributed by atoms with Gasteiger partial charge < -0.3 is 9.30 Å². The zero-order valence-corrected chi connectivity index (χ0v) is 19.9. The third-order valence-corrected chi connectivity index (χ3v) is 8.12. The molecular formula is C21H25ClN4O3S2. The van der Waals surface area contributed by atoms with E-state index >= 15 is 0 Å². The molecule has 0 amide bonds. The summed E-state index contributed by atoms with van der Waals surface area (Å²) in [7, 11) is -1.76. The molecule has 0 atom stereocenters. The van der Waals surface area contributed by atoms with E-state index in [-0.39, 0.29) is 4.90 Å². The third kappa shape index (κ3) is 5.02. The van der Waals surface area contributed by atoms with Crippen LogP contribution in [0, 0.1) is 6.92 Å². The number of aromatic nitrogens is 2. The number of morpholine rings is 1. The zero-order valence-electron chi connectivity index (χ0n) is 17.5. The summed E-state index contributed by atoms with van der Waals surface area (Å²) in [5, 5.41) is 3.37. The predicted molar refractivity (Wildman–Crippen MR) is 124 cm³/mol. The van der Waals surface area contributed by atoms with Crippen molar-refractivity contribution in [2.45, 2.75) is 11.8 Å². The molecule has 31 heavy (non-hydrogen) atoms. The Kier molecular flexibility index (Phi) is 6.80. The van der Waals surface area contributed by atoms with Crippen LogP contribution in [0.1, 0.15) is 5.69 Å². The Bertz CT molecular complexity index is 1170. The van der Waals surface area contributed by atoms with Crippen LogP contribution in [-0.4, -0.2) is 62.3 Å². The second-order valence-corrected chi connectivity index (χ2v) is 10.5. The van der Waals surface area contributed by atoms with Gasteiger partial charge in [-0.1, -0.05) is 23.7 Å². The molecule has 0 radical (unpaired) electrons. The molecule has 1 saturated heterocycles. The van der Waals surface area contributed by atoms with Crippen molar-refractivity contribution in [1.29, 1.82) is 0 Å². The van der Waals surface area contributed by atoms with Crippen LogP contribution in [0.15, 0.2) is 40.6 Å². The van der Waals surface area contributed by atoms with E-state index < -0.39 is 10.0 Å². The van der Waals surface area contributed by atoms with Gasteiger partial charge in [-0.2, -0.15) is 0 Å². The number of benzene rings is 1. The largest absolute Gasteiger partial charge is 0.379 e. The van der Waals surface area contributed by atoms with E-state index in [1.54, 1.807) is 6.07 Å². The third-order valence-electron chi connectivity index (χ3n) is 5.45. The van der Waals surface area contributed by atoms with Crippen molar-refractivity contribution >= 4 is 33.0 Å². The van der Waals surface area contributed by atoms with Crippen LogP contribution in [0.25, 0.3) is 22.0 Å². The van der Waals surface area contributed by atoms with Gasteiger partial charge in [0.25, 0.3) is 0 Å². The second kappa shape index (κ2) is 9.40. The zero-order chi connectivity index (χ0) is 22.0. The normalized spacial score (nSPS) is 15.5. The number of hydrogen-bond donors (Lipinski definition) is 1. The monoisotopic (exact) mass is 480 g/mol. The van der Waals surface area contributed by atoms with Crippen molar-refractivity contribution in [2.75, 3.05) is 39.4 Å². The Hall–Kier alpha value is -1.75. The van der Waals surface area contributed by atoms with Gasteiger partial charge in [0, 0.05) is 54.9 Å². The molecule has 2 aromatic heterocycles. The number of ether oxygens (including phenoxy) is 1. The lowest BCUT2D eigenvalue weighted by molar-refractivity contribution is 0.0390. The Morgan fingerprint density at radius 3 is 2.77 bits per heavy atom. The molecule has 0 aliphatic carbocycles. The summed E-state index contributed by atoms with van der Waals surface area (Å²) in [4.78, 5) is 7.20. The lowest BCUT2D eigenvalue weighted by Crippen LogP contribution is -2.41. The average molecular weight is 481 g/mol. The first-order valence-electron chi connectivity index (χ1n) is 10.0. The molecule has 1 aliphatic rings. The van der Waals surface area contributed by atoms with Crippen LogP contribution in [0.3, 0.4) is 0 Å². The maximum absolute atomic E-state index is 13.0. The standard InChI is InChI=1S/C21H25ClN4O3S2/c1-15-20(31(27,28)23-6-7-26-8-10-29-11-9-26)13-19(25(15)2)21-24-18(14-30-21)16-4-3-5-17(22)12-16/h3-5,12-14,23H,6-11H2,1-2H3. The minimum atomic E-state index is -3.62. The van der Waals surface area contributed by atoms with Crippen molar-refractivity contribution in [3.63, 3.8) is 0 Å². The molecule has 7 nitrogen and oxygen atoms in total. The number of sulfonamides is 1. The van der Waals surface area contributed by atoms with E-state index in [0.29, 0.717) is 37.0 Å². The Morgan fingerprint density at radius 1 is 1.26 bits per heavy atom. The first-order chi connectivity index (χ1) is 14.8. The van der Waals surface area contributed by atoms with Crippen LogP contribution in [0.4, 0.5) is 0 Å². The number of halogens is 1. The molecule has 1 N–H and O–H groups in total. The van der Waals surface area contributed by atoms with E-state index in [4.69, 9.17) is 21.3 Å². The highest BCUT2D eigenvalue weighted by atomic mass is 35.5. The van der Waals surface area contributed by atoms with E-state index in [2.05, 4.69) is 9.62 Å². The van der Waals surface area contributed by atoms with Crippen LogP contribution in [-0.2, 0) is 21.8 Å². The highest BCUT2D eigenvalue weighted by Gasteiger charge is 2.23. The first kappa shape index (κ1) is 22.4. The van der Waals surface area contributed by atoms with Gasteiger partial charge in [-0.05, 0) is 25.1 Å². The fourth-order valence-electron chi connectivity index (χ4n) is 3.56. The number of nitrogens with one attached hydrogen (secondary N) is 1. The van der Waals surface area contributed by atoms with Gasteiger partial charge in [-0.25, -0.2) is 18.1 Å². The van der Waals surface area contributed by atoms with E-state index in [9.17, 15) is 8.42 Å². The second-order valence-electron chi connectivity index (χ2n) is 7.44. The smallest absolute Gasteiger partial charge is 0.242 e. The summed E-state index contributed by atoms with van der Waals surface area (Å²) in [5.41, 5.74) is 3.19. The van der Waals surface area contributed by atoms with E-state index in [1.165, 1.54) is 11.3 Å². The van der Waals surface area contributed by atoms with Crippen molar-refractivity contribution in [2.24, 2.45) is 7.05 Å². The van der Waals surface area contributed by atoms with Gasteiger partial charge in [0.05, 0.1) is 24.6 Å². The number of rotatable bonds is 7. The summed E-state index contributed by atoms with van der Waals surface area (Å²) >= 11 is 7.58. The fourth-order valence-corrected chi connectivity index (χ4v) is 5.94. The summed E-state index contributed by atoms with van der Waals surface area (Å²) in [6, 6.07) is 9.23. The van der Waals surface area contributed by atoms with Crippen LogP contribution >= 0.6 is 22.9 Å². The van der Waals surface area contributed by atoms with Gasteiger partial charge >= 0.3 is 0 Å². The Balaban J connectivity index is 1.52. The fraction of sp³-hybridized carbons (Fsp3) is 0.381. The SMILES string of the molecule is Cc1c(S(=O)(=O)NCCN2CCOCC2)cc(-c2nc(-c3cccc(Cl)c3)cs2)n1C. The Labute approximate surface area is 191 Å². The summed E-state index contributed by atoms with van der Waals surface area (Å²) in [6.07, 6.45) is 0. The molecule has 10 heteroatoms. The molecule has 4 rings (SSSR count). The minimum absolute atomic E-state index is 0.284. The van der Waals surface area contributed by atoms with Crippen LogP contribution < -0.4 is 4.72 Å². The lowest BCUT2D eigenvalue weighted by atomic mass is 10.2. The molecule has 1 aliphatic heterocycles. The first-order valence-corrected chi connectivity index (χ1v) is 12.8. The average Bonchev–Trinajstić information content (AvgIpc) is 3.35. The van der Waals surface area contributed by atoms with Crippen LogP contribution in [0.5, 0.6) is 0 Å². The maximum Gasteiger partial charge on any atom is 0.242 e. The Morgan fingerprint density at radius 2 is 2.03 bits per heavy atom. The van der Waals surface area contributed by atoms with E-state index in [0.717, 1.165) is 35.0 Å². The van der Waals surface area contributed by atoms with Gasteiger partial charge in [-0.15, -0.1) is 11.3 Å². The number of thiazole rings is 1. The molecule has 0 unspecified atom stereocenters.